The number of hydrogen-bond acceptors (Lipinski definition) is 4. The van der Waals surface area contributed by atoms with Gasteiger partial charge in [0.1, 0.15) is 17.4 Å². The van der Waals surface area contributed by atoms with Gasteiger partial charge in [0.2, 0.25) is 5.91 Å². The zero-order valence-electron chi connectivity index (χ0n) is 10.0. The molecule has 1 unspecified atom stereocenters. The van der Waals surface area contributed by atoms with Gasteiger partial charge >= 0.3 is 12.0 Å². The van der Waals surface area contributed by atoms with Crippen LogP contribution in [-0.4, -0.2) is 34.2 Å². The van der Waals surface area contributed by atoms with Crippen molar-refractivity contribution in [1.29, 1.82) is 0 Å². The molecule has 1 atom stereocenters. The second-order valence-electron chi connectivity index (χ2n) is 3.76. The van der Waals surface area contributed by atoms with Crippen molar-refractivity contribution in [3.63, 3.8) is 0 Å². The fourth-order valence-corrected chi connectivity index (χ4v) is 1.31. The van der Waals surface area contributed by atoms with Crippen molar-refractivity contribution in [2.45, 2.75) is 13.0 Å². The number of benzene rings is 1. The lowest BCUT2D eigenvalue weighted by Gasteiger charge is -2.13. The Kier molecular flexibility index (Phi) is 4.30. The molecule has 0 aliphatic carbocycles. The molecule has 1 aromatic carbocycles. The van der Waals surface area contributed by atoms with Gasteiger partial charge in [0.05, 0.1) is 0 Å². The normalized spacial score (nSPS) is 11.4. The molecule has 0 heterocycles. The average molecular weight is 267 g/mol. The Labute approximate surface area is 108 Å². The Morgan fingerprint density at radius 3 is 2.47 bits per heavy atom. The van der Waals surface area contributed by atoms with E-state index in [4.69, 9.17) is 10.8 Å². The van der Waals surface area contributed by atoms with Crippen LogP contribution in [0.1, 0.15) is 17.3 Å². The van der Waals surface area contributed by atoms with Crippen LogP contribution >= 0.6 is 0 Å². The van der Waals surface area contributed by atoms with Crippen LogP contribution in [0.5, 0.6) is 5.75 Å². The maximum atomic E-state index is 11.6. The number of nitrogens with one attached hydrogen (secondary N) is 2. The van der Waals surface area contributed by atoms with Gasteiger partial charge in [-0.1, -0.05) is 0 Å². The molecule has 1 aromatic rings. The van der Waals surface area contributed by atoms with Gasteiger partial charge in [-0.3, -0.25) is 4.79 Å². The highest BCUT2D eigenvalue weighted by molar-refractivity contribution is 5.98. The highest BCUT2D eigenvalue weighted by atomic mass is 16.4. The number of carbonyl (C=O) groups excluding carboxylic acids is 2. The van der Waals surface area contributed by atoms with Crippen LogP contribution in [0.3, 0.4) is 0 Å². The zero-order valence-corrected chi connectivity index (χ0v) is 10.0. The molecule has 0 fully saturated rings. The summed E-state index contributed by atoms with van der Waals surface area (Å²) in [5, 5.41) is 22.7. The van der Waals surface area contributed by atoms with E-state index in [1.165, 1.54) is 13.0 Å². The predicted molar refractivity (Wildman–Crippen MR) is 65.9 cm³/mol. The van der Waals surface area contributed by atoms with E-state index in [-0.39, 0.29) is 11.3 Å². The average Bonchev–Trinajstić information content (AvgIpc) is 2.30. The first kappa shape index (κ1) is 14.3. The molecule has 0 bridgehead atoms. The third-order valence-electron chi connectivity index (χ3n) is 2.25. The molecule has 6 N–H and O–H groups in total. The van der Waals surface area contributed by atoms with Crippen molar-refractivity contribution in [3.8, 4) is 5.75 Å². The number of carboxylic acid groups (broad SMARTS) is 1. The number of urea groups is 1. The van der Waals surface area contributed by atoms with E-state index in [9.17, 15) is 19.5 Å². The van der Waals surface area contributed by atoms with Crippen molar-refractivity contribution in [2.75, 3.05) is 5.32 Å². The van der Waals surface area contributed by atoms with Crippen LogP contribution in [0.2, 0.25) is 0 Å². The van der Waals surface area contributed by atoms with Crippen LogP contribution in [0, 0.1) is 0 Å². The quantitative estimate of drug-likeness (QED) is 0.491. The monoisotopic (exact) mass is 267 g/mol. The molecule has 0 aliphatic rings. The second kappa shape index (κ2) is 5.71. The number of primary amides is 1. The number of amides is 3. The van der Waals surface area contributed by atoms with E-state index in [1.54, 1.807) is 0 Å². The first-order valence-electron chi connectivity index (χ1n) is 5.24. The Hall–Kier alpha value is -2.77. The predicted octanol–water partition coefficient (Wildman–Crippen LogP) is 0.0857. The number of carboxylic acids is 1. The Bertz CT molecular complexity index is 529. The maximum Gasteiger partial charge on any atom is 0.339 e. The number of rotatable bonds is 4. The Morgan fingerprint density at radius 2 is 1.95 bits per heavy atom. The van der Waals surface area contributed by atoms with E-state index >= 15 is 0 Å². The molecule has 0 aromatic heterocycles. The third kappa shape index (κ3) is 3.87. The third-order valence-corrected chi connectivity index (χ3v) is 2.25. The number of aromatic carboxylic acids is 1. The van der Waals surface area contributed by atoms with E-state index in [2.05, 4.69) is 10.6 Å². The van der Waals surface area contributed by atoms with Crippen molar-refractivity contribution in [1.82, 2.24) is 5.32 Å². The molecule has 8 heteroatoms. The molecule has 102 valence electrons. The molecule has 0 saturated carbocycles. The zero-order chi connectivity index (χ0) is 14.6. The first-order valence-corrected chi connectivity index (χ1v) is 5.24. The van der Waals surface area contributed by atoms with Gasteiger partial charge in [-0.25, -0.2) is 9.59 Å². The molecule has 0 saturated heterocycles. The minimum Gasteiger partial charge on any atom is -0.507 e. The van der Waals surface area contributed by atoms with Crippen molar-refractivity contribution < 1.29 is 24.6 Å². The van der Waals surface area contributed by atoms with E-state index in [0.717, 1.165) is 12.1 Å². The number of carbonyl (C=O) groups is 3. The van der Waals surface area contributed by atoms with Crippen molar-refractivity contribution >= 4 is 23.6 Å². The molecule has 1 rings (SSSR count). The van der Waals surface area contributed by atoms with Crippen LogP contribution in [0.4, 0.5) is 10.5 Å². The fourth-order valence-electron chi connectivity index (χ4n) is 1.31. The topological polar surface area (TPSA) is 142 Å². The van der Waals surface area contributed by atoms with E-state index < -0.39 is 29.7 Å². The summed E-state index contributed by atoms with van der Waals surface area (Å²) in [5.74, 6) is -2.30. The van der Waals surface area contributed by atoms with Gasteiger partial charge in [-0.15, -0.1) is 0 Å². The summed E-state index contributed by atoms with van der Waals surface area (Å²) in [6, 6.07) is 1.85. The van der Waals surface area contributed by atoms with Gasteiger partial charge in [0.15, 0.2) is 0 Å². The number of hydrogen-bond donors (Lipinski definition) is 5. The summed E-state index contributed by atoms with van der Waals surface area (Å²) in [6.07, 6.45) is 0. The second-order valence-corrected chi connectivity index (χ2v) is 3.76. The summed E-state index contributed by atoms with van der Waals surface area (Å²) in [4.78, 5) is 33.0. The van der Waals surface area contributed by atoms with Gasteiger partial charge in [0, 0.05) is 5.69 Å². The summed E-state index contributed by atoms with van der Waals surface area (Å²) < 4.78 is 0. The summed E-state index contributed by atoms with van der Waals surface area (Å²) >= 11 is 0. The van der Waals surface area contributed by atoms with E-state index in [1.807, 2.05) is 0 Å². The molecule has 3 amide bonds. The van der Waals surface area contributed by atoms with E-state index in [0.29, 0.717) is 0 Å². The summed E-state index contributed by atoms with van der Waals surface area (Å²) in [6.45, 7) is 1.42. The van der Waals surface area contributed by atoms with Gasteiger partial charge in [0.25, 0.3) is 0 Å². The van der Waals surface area contributed by atoms with Gasteiger partial charge in [-0.05, 0) is 25.1 Å². The lowest BCUT2D eigenvalue weighted by Crippen LogP contribution is -2.44. The van der Waals surface area contributed by atoms with Crippen LogP contribution in [0.15, 0.2) is 18.2 Å². The largest absolute Gasteiger partial charge is 0.507 e. The number of anilines is 1. The lowest BCUT2D eigenvalue weighted by molar-refractivity contribution is -0.117. The highest BCUT2D eigenvalue weighted by Crippen LogP contribution is 2.21. The SMILES string of the molecule is CC(NC(N)=O)C(=O)Nc1ccc(O)c(C(=O)O)c1. The maximum absolute atomic E-state index is 11.6. The highest BCUT2D eigenvalue weighted by Gasteiger charge is 2.16. The number of nitrogens with two attached hydrogens (primary N) is 1. The Morgan fingerprint density at radius 1 is 1.32 bits per heavy atom. The molecular formula is C11H13N3O5. The molecular weight excluding hydrogens is 254 g/mol. The summed E-state index contributed by atoms with van der Waals surface area (Å²) in [7, 11) is 0. The smallest absolute Gasteiger partial charge is 0.339 e. The van der Waals surface area contributed by atoms with Gasteiger partial charge < -0.3 is 26.6 Å². The summed E-state index contributed by atoms with van der Waals surface area (Å²) in [5.41, 5.74) is 4.71. The fraction of sp³-hybridized carbons (Fsp3) is 0.182. The Balaban J connectivity index is 2.83. The minimum atomic E-state index is -1.32. The van der Waals surface area contributed by atoms with Crippen LogP contribution in [-0.2, 0) is 4.79 Å². The lowest BCUT2D eigenvalue weighted by atomic mass is 10.1. The number of aromatic hydroxyl groups is 1. The van der Waals surface area contributed by atoms with Crippen LogP contribution < -0.4 is 16.4 Å². The minimum absolute atomic E-state index is 0.179. The van der Waals surface area contributed by atoms with Crippen LogP contribution in [0.25, 0.3) is 0 Å². The van der Waals surface area contributed by atoms with Crippen molar-refractivity contribution in [2.24, 2.45) is 5.73 Å². The molecule has 0 spiro atoms. The molecule has 0 radical (unpaired) electrons. The first-order chi connectivity index (χ1) is 8.81. The standard InChI is InChI=1S/C11H13N3O5/c1-5(13-11(12)19)9(16)14-6-2-3-8(15)7(4-6)10(17)18/h2-5,15H,1H3,(H,14,16)(H,17,18)(H3,12,13,19). The molecule has 8 nitrogen and oxygen atoms in total. The molecule has 0 aliphatic heterocycles. The van der Waals surface area contributed by atoms with Crippen molar-refractivity contribution in [3.05, 3.63) is 23.8 Å². The number of phenols is 1. The van der Waals surface area contributed by atoms with Gasteiger partial charge in [-0.2, -0.15) is 0 Å². The molecule has 19 heavy (non-hydrogen) atoms.